The maximum Gasteiger partial charge on any atom is 0.411 e. The third kappa shape index (κ3) is 6.04. The molecular weight excluding hydrogens is 294 g/mol. The normalized spacial score (nSPS) is 22.9. The molecular formula is C18H33NO4. The van der Waals surface area contributed by atoms with Crippen LogP contribution >= 0.6 is 0 Å². The van der Waals surface area contributed by atoms with Crippen molar-refractivity contribution in [3.63, 3.8) is 0 Å². The molecule has 0 bridgehead atoms. The summed E-state index contributed by atoms with van der Waals surface area (Å²) in [5.74, 6) is -0.123. The number of carbonyl (C=O) groups is 2. The molecule has 1 saturated heterocycles. The van der Waals surface area contributed by atoms with E-state index in [2.05, 4.69) is 20.8 Å². The summed E-state index contributed by atoms with van der Waals surface area (Å²) in [6.45, 7) is 17.9. The standard InChI is InChI=1S/C18H33NO4/c1-16(2,3)12-10-13(14(20)22-17(4,5)6)19(11-12)15(21)23-18(7,8)9/h12-13H,10-11H2,1-9H3/t12-,13+/m1/s1. The first-order valence-electron chi connectivity index (χ1n) is 8.32. The molecule has 0 N–H and O–H groups in total. The Bertz CT molecular complexity index is 415. The Kier molecular flexibility index (Phi) is 5.44. The van der Waals surface area contributed by atoms with Crippen molar-refractivity contribution in [1.29, 1.82) is 0 Å². The van der Waals surface area contributed by atoms with Gasteiger partial charge in [0.2, 0.25) is 0 Å². The van der Waals surface area contributed by atoms with Crippen molar-refractivity contribution >= 4 is 12.1 Å². The third-order valence-electron chi connectivity index (χ3n) is 3.83. The lowest BCUT2D eigenvalue weighted by atomic mass is 9.79. The Balaban J connectivity index is 2.98. The predicted octanol–water partition coefficient (Wildman–Crippen LogP) is 4.00. The fourth-order valence-electron chi connectivity index (χ4n) is 2.58. The molecule has 0 unspecified atom stereocenters. The van der Waals surface area contributed by atoms with E-state index in [0.29, 0.717) is 13.0 Å². The minimum atomic E-state index is -0.588. The lowest BCUT2D eigenvalue weighted by Crippen LogP contribution is -2.45. The molecule has 0 aromatic heterocycles. The summed E-state index contributed by atoms with van der Waals surface area (Å²) in [6, 6.07) is -0.576. The fraction of sp³-hybridized carbons (Fsp3) is 0.889. The maximum absolute atomic E-state index is 12.5. The second kappa shape index (κ2) is 6.33. The molecule has 1 heterocycles. The number of likely N-dealkylation sites (tertiary alicyclic amines) is 1. The first-order valence-corrected chi connectivity index (χ1v) is 8.32. The molecule has 23 heavy (non-hydrogen) atoms. The van der Waals surface area contributed by atoms with Crippen molar-refractivity contribution in [2.24, 2.45) is 11.3 Å². The molecule has 0 aromatic rings. The molecule has 0 spiro atoms. The fourth-order valence-corrected chi connectivity index (χ4v) is 2.58. The molecule has 1 fully saturated rings. The van der Waals surface area contributed by atoms with Gasteiger partial charge in [-0.25, -0.2) is 9.59 Å². The maximum atomic E-state index is 12.5. The smallest absolute Gasteiger partial charge is 0.411 e. The Hall–Kier alpha value is -1.26. The first kappa shape index (κ1) is 19.8. The Labute approximate surface area is 140 Å². The van der Waals surface area contributed by atoms with E-state index in [4.69, 9.17) is 9.47 Å². The van der Waals surface area contributed by atoms with E-state index in [1.807, 2.05) is 41.5 Å². The van der Waals surface area contributed by atoms with Crippen LogP contribution < -0.4 is 0 Å². The number of amides is 1. The van der Waals surface area contributed by atoms with Gasteiger partial charge in [-0.15, -0.1) is 0 Å². The number of hydrogen-bond acceptors (Lipinski definition) is 4. The molecule has 1 aliphatic rings. The van der Waals surface area contributed by atoms with Crippen molar-refractivity contribution in [2.75, 3.05) is 6.54 Å². The summed E-state index contributed by atoms with van der Waals surface area (Å²) in [5.41, 5.74) is -1.15. The van der Waals surface area contributed by atoms with Crippen LogP contribution in [0.1, 0.15) is 68.7 Å². The van der Waals surface area contributed by atoms with Gasteiger partial charge < -0.3 is 9.47 Å². The molecule has 1 amide bonds. The summed E-state index contributed by atoms with van der Waals surface area (Å²) in [7, 11) is 0. The molecule has 5 nitrogen and oxygen atoms in total. The average Bonchev–Trinajstić information content (AvgIpc) is 2.67. The van der Waals surface area contributed by atoms with Gasteiger partial charge in [-0.1, -0.05) is 20.8 Å². The van der Waals surface area contributed by atoms with E-state index in [1.165, 1.54) is 4.90 Å². The van der Waals surface area contributed by atoms with E-state index in [-0.39, 0.29) is 17.3 Å². The SMILES string of the molecule is CC(C)(C)OC(=O)[C@@H]1C[C@@H](C(C)(C)C)CN1C(=O)OC(C)(C)C. The molecule has 0 aromatic carbocycles. The quantitative estimate of drug-likeness (QED) is 0.683. The monoisotopic (exact) mass is 327 g/mol. The van der Waals surface area contributed by atoms with Gasteiger partial charge in [-0.05, 0) is 59.3 Å². The number of rotatable bonds is 1. The van der Waals surface area contributed by atoms with Crippen LogP contribution in [0, 0.1) is 11.3 Å². The average molecular weight is 327 g/mol. The second-order valence-corrected chi connectivity index (χ2v) is 9.48. The van der Waals surface area contributed by atoms with Gasteiger partial charge in [-0.3, -0.25) is 4.90 Å². The predicted molar refractivity (Wildman–Crippen MR) is 90.1 cm³/mol. The van der Waals surface area contributed by atoms with Gasteiger partial charge in [0.25, 0.3) is 0 Å². The number of nitrogens with zero attached hydrogens (tertiary/aromatic N) is 1. The van der Waals surface area contributed by atoms with Gasteiger partial charge in [0.1, 0.15) is 17.2 Å². The van der Waals surface area contributed by atoms with Gasteiger partial charge in [0.05, 0.1) is 0 Å². The molecule has 1 aliphatic heterocycles. The highest BCUT2D eigenvalue weighted by Gasteiger charge is 2.46. The highest BCUT2D eigenvalue weighted by molar-refractivity contribution is 5.82. The van der Waals surface area contributed by atoms with Crippen LogP contribution in [0.3, 0.4) is 0 Å². The number of hydrogen-bond donors (Lipinski definition) is 0. The summed E-state index contributed by atoms with van der Waals surface area (Å²) in [5, 5.41) is 0. The van der Waals surface area contributed by atoms with Crippen molar-refractivity contribution < 1.29 is 19.1 Å². The largest absolute Gasteiger partial charge is 0.458 e. The van der Waals surface area contributed by atoms with Crippen molar-refractivity contribution in [3.8, 4) is 0 Å². The van der Waals surface area contributed by atoms with Crippen molar-refractivity contribution in [2.45, 2.75) is 86.0 Å². The van der Waals surface area contributed by atoms with E-state index in [1.54, 1.807) is 0 Å². The topological polar surface area (TPSA) is 55.8 Å². The molecule has 0 saturated carbocycles. The first-order chi connectivity index (χ1) is 10.1. The minimum Gasteiger partial charge on any atom is -0.458 e. The van der Waals surface area contributed by atoms with E-state index >= 15 is 0 Å². The summed E-state index contributed by atoms with van der Waals surface area (Å²) >= 11 is 0. The van der Waals surface area contributed by atoms with Gasteiger partial charge in [0, 0.05) is 6.54 Å². The molecule has 0 radical (unpaired) electrons. The highest BCUT2D eigenvalue weighted by Crippen LogP contribution is 2.38. The highest BCUT2D eigenvalue weighted by atomic mass is 16.6. The van der Waals surface area contributed by atoms with Gasteiger partial charge >= 0.3 is 12.1 Å². The van der Waals surface area contributed by atoms with Crippen molar-refractivity contribution in [3.05, 3.63) is 0 Å². The molecule has 2 atom stereocenters. The van der Waals surface area contributed by atoms with E-state index < -0.39 is 23.3 Å². The summed E-state index contributed by atoms with van der Waals surface area (Å²) in [4.78, 5) is 26.6. The van der Waals surface area contributed by atoms with Crippen LogP contribution in [-0.2, 0) is 14.3 Å². The second-order valence-electron chi connectivity index (χ2n) is 9.48. The molecule has 1 rings (SSSR count). The molecule has 0 aliphatic carbocycles. The van der Waals surface area contributed by atoms with Gasteiger partial charge in [0.15, 0.2) is 0 Å². The summed E-state index contributed by atoms with van der Waals surface area (Å²) in [6.07, 6.45) is 0.164. The van der Waals surface area contributed by atoms with Crippen molar-refractivity contribution in [1.82, 2.24) is 4.90 Å². The van der Waals surface area contributed by atoms with E-state index in [0.717, 1.165) is 0 Å². The van der Waals surface area contributed by atoms with E-state index in [9.17, 15) is 9.59 Å². The zero-order chi connectivity index (χ0) is 18.2. The summed E-state index contributed by atoms with van der Waals surface area (Å²) < 4.78 is 11.0. The third-order valence-corrected chi connectivity index (χ3v) is 3.83. The number of esters is 1. The van der Waals surface area contributed by atoms with Crippen LogP contribution in [0.2, 0.25) is 0 Å². The lowest BCUT2D eigenvalue weighted by molar-refractivity contribution is -0.160. The minimum absolute atomic E-state index is 0.0109. The zero-order valence-electron chi connectivity index (χ0n) is 16.1. The molecule has 5 heteroatoms. The number of carbonyl (C=O) groups excluding carboxylic acids is 2. The lowest BCUT2D eigenvalue weighted by Gasteiger charge is -2.30. The van der Waals surface area contributed by atoms with Crippen LogP contribution in [0.4, 0.5) is 4.79 Å². The van der Waals surface area contributed by atoms with Crippen LogP contribution in [0.25, 0.3) is 0 Å². The molecule has 134 valence electrons. The van der Waals surface area contributed by atoms with Crippen LogP contribution in [-0.4, -0.2) is 40.8 Å². The Morgan fingerprint density at radius 1 is 0.870 bits per heavy atom. The zero-order valence-corrected chi connectivity index (χ0v) is 16.1. The van der Waals surface area contributed by atoms with Crippen LogP contribution in [0.5, 0.6) is 0 Å². The number of ether oxygens (including phenoxy) is 2. The Morgan fingerprint density at radius 2 is 1.35 bits per heavy atom. The van der Waals surface area contributed by atoms with Crippen LogP contribution in [0.15, 0.2) is 0 Å². The Morgan fingerprint density at radius 3 is 1.74 bits per heavy atom. The van der Waals surface area contributed by atoms with Gasteiger partial charge in [-0.2, -0.15) is 0 Å².